The highest BCUT2D eigenvalue weighted by Gasteiger charge is 2.31. The van der Waals surface area contributed by atoms with E-state index in [-0.39, 0.29) is 23.3 Å². The van der Waals surface area contributed by atoms with Gasteiger partial charge in [-0.3, -0.25) is 9.59 Å². The number of esters is 2. The number of rotatable bonds is 10. The van der Waals surface area contributed by atoms with Gasteiger partial charge in [0, 0.05) is 31.0 Å². The van der Waals surface area contributed by atoms with Crippen LogP contribution in [0.1, 0.15) is 74.3 Å². The highest BCUT2D eigenvalue weighted by atomic mass is 32.2. The van der Waals surface area contributed by atoms with Gasteiger partial charge in [0.05, 0.1) is 23.3 Å². The predicted octanol–water partition coefficient (Wildman–Crippen LogP) is 5.14. The standard InChI is InChI=1S/C29H31NO6S/c1-21-12-16-25(17-13-21)37(33,34)30-19-18-23-15-14-22-8-7-9-24(22)20-26(29(23)30)36-28(32)11-6-4-3-5-10-27(31)35-2/h7,9,12-13,16-19,26H,3-6,8,10-11,20H2,1-2H3. The van der Waals surface area contributed by atoms with Crippen LogP contribution in [0.3, 0.4) is 0 Å². The van der Waals surface area contributed by atoms with Gasteiger partial charge in [0.1, 0.15) is 6.10 Å². The van der Waals surface area contributed by atoms with E-state index in [4.69, 9.17) is 4.74 Å². The van der Waals surface area contributed by atoms with Crippen molar-refractivity contribution >= 4 is 22.0 Å². The summed E-state index contributed by atoms with van der Waals surface area (Å²) in [5.74, 6) is 5.67. The maximum Gasteiger partial charge on any atom is 0.306 e. The Balaban J connectivity index is 1.55. The van der Waals surface area contributed by atoms with E-state index in [1.165, 1.54) is 17.3 Å². The summed E-state index contributed by atoms with van der Waals surface area (Å²) in [6.07, 6.45) is 9.25. The molecule has 2 aromatic rings. The summed E-state index contributed by atoms with van der Waals surface area (Å²) in [7, 11) is -2.55. The van der Waals surface area contributed by atoms with Gasteiger partial charge in [0.15, 0.2) is 0 Å². The van der Waals surface area contributed by atoms with E-state index in [1.54, 1.807) is 30.3 Å². The zero-order chi connectivity index (χ0) is 26.4. The number of hydrogen-bond acceptors (Lipinski definition) is 6. The number of nitrogens with zero attached hydrogens (tertiary/aromatic N) is 1. The van der Waals surface area contributed by atoms with Gasteiger partial charge in [0.25, 0.3) is 10.0 Å². The second-order valence-corrected chi connectivity index (χ2v) is 11.1. The zero-order valence-electron chi connectivity index (χ0n) is 21.2. The summed E-state index contributed by atoms with van der Waals surface area (Å²) < 4.78 is 39.0. The molecule has 1 aromatic heterocycles. The highest BCUT2D eigenvalue weighted by Crippen LogP contribution is 2.36. The van der Waals surface area contributed by atoms with E-state index in [1.807, 2.05) is 19.1 Å². The van der Waals surface area contributed by atoms with E-state index in [2.05, 4.69) is 16.6 Å². The molecule has 0 bridgehead atoms. The van der Waals surface area contributed by atoms with Crippen LogP contribution in [-0.4, -0.2) is 31.4 Å². The van der Waals surface area contributed by atoms with E-state index in [9.17, 15) is 18.0 Å². The van der Waals surface area contributed by atoms with E-state index < -0.39 is 16.1 Å². The fourth-order valence-corrected chi connectivity index (χ4v) is 5.91. The molecular formula is C29H31NO6S. The first-order valence-electron chi connectivity index (χ1n) is 12.5. The van der Waals surface area contributed by atoms with Crippen molar-refractivity contribution in [1.29, 1.82) is 0 Å². The Hall–Kier alpha value is -3.57. The number of aromatic nitrogens is 1. The fraction of sp³-hybridized carbons (Fsp3) is 0.379. The molecule has 8 heteroatoms. The molecule has 2 aliphatic carbocycles. The van der Waals surface area contributed by atoms with Gasteiger partial charge in [-0.05, 0) is 50.0 Å². The molecule has 194 valence electrons. The van der Waals surface area contributed by atoms with Crippen molar-refractivity contribution in [3.05, 3.63) is 76.6 Å². The first kappa shape index (κ1) is 26.5. The summed E-state index contributed by atoms with van der Waals surface area (Å²) in [4.78, 5) is 24.2. The topological polar surface area (TPSA) is 91.7 Å². The number of unbranched alkanes of at least 4 members (excludes halogenated alkanes) is 3. The van der Waals surface area contributed by atoms with E-state index in [0.29, 0.717) is 43.4 Å². The molecule has 1 heterocycles. The van der Waals surface area contributed by atoms with Gasteiger partial charge in [-0.2, -0.15) is 0 Å². The number of aryl methyl sites for hydroxylation is 1. The lowest BCUT2D eigenvalue weighted by Crippen LogP contribution is -2.21. The quantitative estimate of drug-likeness (QED) is 0.244. The predicted molar refractivity (Wildman–Crippen MR) is 139 cm³/mol. The molecule has 0 aliphatic heterocycles. The van der Waals surface area contributed by atoms with Crippen LogP contribution >= 0.6 is 0 Å². The molecule has 0 saturated heterocycles. The normalized spacial score (nSPS) is 16.2. The molecule has 0 spiro atoms. The van der Waals surface area contributed by atoms with Crippen molar-refractivity contribution in [2.24, 2.45) is 0 Å². The van der Waals surface area contributed by atoms with Crippen LogP contribution in [0.15, 0.2) is 64.7 Å². The Labute approximate surface area is 218 Å². The molecule has 1 unspecified atom stereocenters. The van der Waals surface area contributed by atoms with E-state index >= 15 is 0 Å². The second kappa shape index (κ2) is 11.7. The van der Waals surface area contributed by atoms with E-state index in [0.717, 1.165) is 29.6 Å². The van der Waals surface area contributed by atoms with Crippen molar-refractivity contribution in [2.75, 3.05) is 7.11 Å². The molecule has 0 saturated carbocycles. The molecule has 0 N–H and O–H groups in total. The highest BCUT2D eigenvalue weighted by molar-refractivity contribution is 7.90. The molecule has 0 fully saturated rings. The van der Waals surface area contributed by atoms with Gasteiger partial charge < -0.3 is 9.47 Å². The average molecular weight is 522 g/mol. The monoisotopic (exact) mass is 521 g/mol. The number of carbonyl (C=O) groups is 2. The van der Waals surface area contributed by atoms with Gasteiger partial charge >= 0.3 is 11.9 Å². The summed E-state index contributed by atoms with van der Waals surface area (Å²) in [5.41, 5.74) is 3.78. The SMILES string of the molecule is COC(=O)CCCCCCC(=O)OC1CC2=C(C#Cc3ccn(S(=O)(=O)c4ccc(C)cc4)c31)CC=C2. The third-order valence-corrected chi connectivity index (χ3v) is 8.27. The summed E-state index contributed by atoms with van der Waals surface area (Å²) in [6.45, 7) is 1.90. The molecule has 0 amide bonds. The Morgan fingerprint density at radius 1 is 1.00 bits per heavy atom. The summed E-state index contributed by atoms with van der Waals surface area (Å²) >= 11 is 0. The Morgan fingerprint density at radius 2 is 1.70 bits per heavy atom. The third kappa shape index (κ3) is 6.23. The maximum absolute atomic E-state index is 13.6. The van der Waals surface area contributed by atoms with Gasteiger partial charge in [-0.1, -0.05) is 54.5 Å². The van der Waals surface area contributed by atoms with Gasteiger partial charge in [-0.25, -0.2) is 12.4 Å². The molecular weight excluding hydrogens is 490 g/mol. The number of methoxy groups -OCH3 is 1. The smallest absolute Gasteiger partial charge is 0.306 e. The lowest BCUT2D eigenvalue weighted by molar-refractivity contribution is -0.150. The number of ether oxygens (including phenoxy) is 2. The molecule has 0 radical (unpaired) electrons. The van der Waals surface area contributed by atoms with Crippen LogP contribution in [0, 0.1) is 18.8 Å². The Bertz CT molecular complexity index is 1400. The molecule has 37 heavy (non-hydrogen) atoms. The maximum atomic E-state index is 13.6. The van der Waals surface area contributed by atoms with Crippen molar-refractivity contribution in [1.82, 2.24) is 3.97 Å². The van der Waals surface area contributed by atoms with Crippen LogP contribution in [-0.2, 0) is 29.1 Å². The minimum atomic E-state index is -3.92. The number of benzene rings is 1. The summed E-state index contributed by atoms with van der Waals surface area (Å²) in [6, 6.07) is 8.33. The minimum absolute atomic E-state index is 0.157. The van der Waals surface area contributed by atoms with Crippen molar-refractivity contribution in [2.45, 2.75) is 69.3 Å². The molecule has 1 aromatic carbocycles. The number of allylic oxidation sites excluding steroid dienone is 3. The van der Waals surface area contributed by atoms with Crippen LogP contribution in [0.4, 0.5) is 0 Å². The van der Waals surface area contributed by atoms with Gasteiger partial charge in [-0.15, -0.1) is 0 Å². The lowest BCUT2D eigenvalue weighted by atomic mass is 9.98. The second-order valence-electron chi connectivity index (χ2n) is 9.26. The molecule has 2 aliphatic rings. The molecule has 1 atom stereocenters. The Kier molecular flexibility index (Phi) is 8.34. The van der Waals surface area contributed by atoms with Crippen molar-refractivity contribution in [3.63, 3.8) is 0 Å². The largest absolute Gasteiger partial charge is 0.469 e. The average Bonchev–Trinajstić information content (AvgIpc) is 3.50. The van der Waals surface area contributed by atoms with Gasteiger partial charge in [0.2, 0.25) is 0 Å². The minimum Gasteiger partial charge on any atom is -0.469 e. The van der Waals surface area contributed by atoms with Crippen LogP contribution in [0.2, 0.25) is 0 Å². The first-order chi connectivity index (χ1) is 17.8. The van der Waals surface area contributed by atoms with Crippen LogP contribution < -0.4 is 0 Å². The number of carbonyl (C=O) groups excluding carboxylic acids is 2. The summed E-state index contributed by atoms with van der Waals surface area (Å²) in [5, 5.41) is 0. The van der Waals surface area contributed by atoms with Crippen molar-refractivity contribution < 1.29 is 27.5 Å². The van der Waals surface area contributed by atoms with Crippen LogP contribution in [0.5, 0.6) is 0 Å². The van der Waals surface area contributed by atoms with Crippen LogP contribution in [0.25, 0.3) is 0 Å². The molecule has 4 rings (SSSR count). The number of fused-ring (bicyclic) bond motifs is 1. The number of hydrogen-bond donors (Lipinski definition) is 0. The zero-order valence-corrected chi connectivity index (χ0v) is 22.0. The lowest BCUT2D eigenvalue weighted by Gasteiger charge is -2.22. The fourth-order valence-electron chi connectivity index (χ4n) is 4.50. The molecule has 7 nitrogen and oxygen atoms in total. The Morgan fingerprint density at radius 3 is 2.41 bits per heavy atom. The third-order valence-electron chi connectivity index (χ3n) is 6.57. The first-order valence-corrected chi connectivity index (χ1v) is 13.9. The van der Waals surface area contributed by atoms with Crippen molar-refractivity contribution in [3.8, 4) is 11.8 Å².